The van der Waals surface area contributed by atoms with E-state index < -0.39 is 20.0 Å². The highest BCUT2D eigenvalue weighted by Gasteiger charge is 2.37. The van der Waals surface area contributed by atoms with Crippen LogP contribution in [0.15, 0.2) is 28.7 Å². The number of nitrogens with two attached hydrogens (primary N) is 1. The summed E-state index contributed by atoms with van der Waals surface area (Å²) in [6.45, 7) is 0. The number of primary sulfonamides is 1. The lowest BCUT2D eigenvalue weighted by molar-refractivity contribution is 0.578. The topological polar surface area (TPSA) is 112 Å². The van der Waals surface area contributed by atoms with Crippen molar-refractivity contribution in [3.63, 3.8) is 0 Å². The van der Waals surface area contributed by atoms with Gasteiger partial charge in [0.25, 0.3) is 10.0 Å². The molecular weight excluding hydrogens is 322 g/mol. The van der Waals surface area contributed by atoms with Crippen LogP contribution in [0.4, 0.5) is 0 Å². The first kappa shape index (κ1) is 13.7. The maximum atomic E-state index is 12.0. The highest BCUT2D eigenvalue weighted by atomic mass is 32.2. The summed E-state index contributed by atoms with van der Waals surface area (Å²) in [6, 6.07) is 2.97. The smallest absolute Gasteiger partial charge is 0.224 e. The third kappa shape index (κ3) is 2.39. The van der Waals surface area contributed by atoms with Crippen molar-refractivity contribution in [3.8, 4) is 10.4 Å². The molecular formula is C10H11N3O4S3. The summed E-state index contributed by atoms with van der Waals surface area (Å²) in [5.41, 5.74) is 0.550. The summed E-state index contributed by atoms with van der Waals surface area (Å²) >= 11 is 0.980. The van der Waals surface area contributed by atoms with Gasteiger partial charge in [0.15, 0.2) is 0 Å². The van der Waals surface area contributed by atoms with E-state index in [1.54, 1.807) is 6.07 Å². The zero-order valence-electron chi connectivity index (χ0n) is 10.1. The first-order chi connectivity index (χ1) is 9.28. The van der Waals surface area contributed by atoms with Crippen LogP contribution in [0.1, 0.15) is 12.8 Å². The average molecular weight is 333 g/mol. The molecule has 10 heteroatoms. The summed E-state index contributed by atoms with van der Waals surface area (Å²) in [7, 11) is -7.15. The van der Waals surface area contributed by atoms with Crippen molar-refractivity contribution in [2.45, 2.75) is 22.3 Å². The van der Waals surface area contributed by atoms with Crippen molar-refractivity contribution >= 4 is 31.4 Å². The van der Waals surface area contributed by atoms with Crippen molar-refractivity contribution in [1.29, 1.82) is 0 Å². The van der Waals surface area contributed by atoms with Crippen LogP contribution >= 0.6 is 11.3 Å². The van der Waals surface area contributed by atoms with Gasteiger partial charge in [-0.05, 0) is 25.0 Å². The minimum Gasteiger partial charge on any atom is -0.224 e. The fourth-order valence-corrected chi connectivity index (χ4v) is 4.90. The number of nitrogens with zero attached hydrogens (tertiary/aromatic N) is 2. The molecule has 2 heterocycles. The molecule has 108 valence electrons. The highest BCUT2D eigenvalue weighted by molar-refractivity contribution is 7.91. The Morgan fingerprint density at radius 1 is 1.25 bits per heavy atom. The number of hydrogen-bond acceptors (Lipinski definition) is 6. The predicted molar refractivity (Wildman–Crippen MR) is 74.3 cm³/mol. The Balaban J connectivity index is 1.96. The quantitative estimate of drug-likeness (QED) is 0.880. The highest BCUT2D eigenvalue weighted by Crippen LogP contribution is 2.33. The molecule has 0 radical (unpaired) electrons. The molecule has 0 spiro atoms. The van der Waals surface area contributed by atoms with E-state index in [9.17, 15) is 16.8 Å². The fourth-order valence-electron chi connectivity index (χ4n) is 1.72. The maximum absolute atomic E-state index is 12.0. The van der Waals surface area contributed by atoms with E-state index in [1.807, 2.05) is 0 Å². The normalized spacial score (nSPS) is 16.4. The lowest BCUT2D eigenvalue weighted by Gasteiger charge is -2.00. The van der Waals surface area contributed by atoms with E-state index in [0.717, 1.165) is 15.4 Å². The molecule has 1 aliphatic rings. The van der Waals surface area contributed by atoms with Crippen molar-refractivity contribution < 1.29 is 16.8 Å². The van der Waals surface area contributed by atoms with Gasteiger partial charge in [0, 0.05) is 10.4 Å². The summed E-state index contributed by atoms with van der Waals surface area (Å²) in [6.07, 6.45) is 4.11. The van der Waals surface area contributed by atoms with E-state index >= 15 is 0 Å². The molecule has 20 heavy (non-hydrogen) atoms. The standard InChI is InChI=1S/C10H11N3O4S3/c11-19(14,15)10-4-3-9(18-10)7-5-12-13(6-7)20(16,17)8-1-2-8/h3-6,8H,1-2H2,(H2,11,14,15). The molecule has 0 bridgehead atoms. The van der Waals surface area contributed by atoms with Gasteiger partial charge in [-0.15, -0.1) is 11.3 Å². The molecule has 0 aromatic carbocycles. The number of rotatable bonds is 4. The van der Waals surface area contributed by atoms with Crippen LogP contribution in [0.5, 0.6) is 0 Å². The zero-order chi connectivity index (χ0) is 14.5. The van der Waals surface area contributed by atoms with E-state index in [2.05, 4.69) is 5.10 Å². The molecule has 0 unspecified atom stereocenters. The molecule has 0 saturated heterocycles. The average Bonchev–Trinajstić information content (AvgIpc) is 2.91. The third-order valence-electron chi connectivity index (χ3n) is 2.91. The van der Waals surface area contributed by atoms with Gasteiger partial charge < -0.3 is 0 Å². The van der Waals surface area contributed by atoms with Crippen molar-refractivity contribution in [2.75, 3.05) is 0 Å². The number of hydrogen-bond donors (Lipinski definition) is 1. The number of aromatic nitrogens is 2. The second-order valence-electron chi connectivity index (χ2n) is 4.51. The first-order valence-corrected chi connectivity index (χ1v) is 9.57. The van der Waals surface area contributed by atoms with E-state index in [1.165, 1.54) is 18.5 Å². The third-order valence-corrected chi connectivity index (χ3v) is 7.52. The second kappa shape index (κ2) is 4.38. The molecule has 2 N–H and O–H groups in total. The Morgan fingerprint density at radius 2 is 1.95 bits per heavy atom. The van der Waals surface area contributed by atoms with E-state index in [-0.39, 0.29) is 9.46 Å². The molecule has 2 aromatic rings. The Hall–Kier alpha value is -1.23. The van der Waals surface area contributed by atoms with Crippen molar-refractivity contribution in [3.05, 3.63) is 24.5 Å². The SMILES string of the molecule is NS(=O)(=O)c1ccc(-c2cnn(S(=O)(=O)C3CC3)c2)s1. The largest absolute Gasteiger partial charge is 0.256 e. The molecule has 0 amide bonds. The molecule has 3 rings (SSSR count). The van der Waals surface area contributed by atoms with Gasteiger partial charge in [0.05, 0.1) is 17.6 Å². The van der Waals surface area contributed by atoms with Gasteiger partial charge in [-0.2, -0.15) is 9.19 Å². The number of sulfonamides is 1. The fraction of sp³-hybridized carbons (Fsp3) is 0.300. The molecule has 7 nitrogen and oxygen atoms in total. The van der Waals surface area contributed by atoms with Crippen LogP contribution in [0.3, 0.4) is 0 Å². The lowest BCUT2D eigenvalue weighted by Crippen LogP contribution is -2.17. The summed E-state index contributed by atoms with van der Waals surface area (Å²) in [5, 5.41) is 8.54. The summed E-state index contributed by atoms with van der Waals surface area (Å²) < 4.78 is 47.4. The predicted octanol–water partition coefficient (Wildman–Crippen LogP) is 0.599. The zero-order valence-corrected chi connectivity index (χ0v) is 12.6. The van der Waals surface area contributed by atoms with Crippen LogP contribution in [0.25, 0.3) is 10.4 Å². The Bertz CT molecular complexity index is 859. The van der Waals surface area contributed by atoms with Crippen molar-refractivity contribution in [2.24, 2.45) is 5.14 Å². The Morgan fingerprint density at radius 3 is 2.50 bits per heavy atom. The molecule has 1 saturated carbocycles. The van der Waals surface area contributed by atoms with Gasteiger partial charge in [-0.3, -0.25) is 0 Å². The van der Waals surface area contributed by atoms with Gasteiger partial charge in [-0.25, -0.2) is 22.0 Å². The van der Waals surface area contributed by atoms with E-state index in [0.29, 0.717) is 23.3 Å². The van der Waals surface area contributed by atoms with Gasteiger partial charge in [0.2, 0.25) is 10.0 Å². The molecule has 1 aliphatic carbocycles. The van der Waals surface area contributed by atoms with Gasteiger partial charge >= 0.3 is 0 Å². The van der Waals surface area contributed by atoms with Crippen LogP contribution in [0.2, 0.25) is 0 Å². The van der Waals surface area contributed by atoms with Crippen LogP contribution in [-0.2, 0) is 20.0 Å². The first-order valence-electron chi connectivity index (χ1n) is 5.70. The minimum absolute atomic E-state index is 0.0327. The van der Waals surface area contributed by atoms with Crippen LogP contribution in [-0.4, -0.2) is 31.3 Å². The van der Waals surface area contributed by atoms with Gasteiger partial charge in [0.1, 0.15) is 4.21 Å². The summed E-state index contributed by atoms with van der Waals surface area (Å²) in [5.74, 6) is 0. The second-order valence-corrected chi connectivity index (χ2v) is 9.45. The summed E-state index contributed by atoms with van der Waals surface area (Å²) in [4.78, 5) is 0.603. The molecule has 2 aromatic heterocycles. The lowest BCUT2D eigenvalue weighted by atomic mass is 10.3. The molecule has 0 aliphatic heterocycles. The molecule has 1 fully saturated rings. The Kier molecular flexibility index (Phi) is 3.01. The minimum atomic E-state index is -3.74. The van der Waals surface area contributed by atoms with Crippen molar-refractivity contribution in [1.82, 2.24) is 9.19 Å². The monoisotopic (exact) mass is 333 g/mol. The number of thiophene rings is 1. The van der Waals surface area contributed by atoms with Crippen LogP contribution in [0, 0.1) is 0 Å². The maximum Gasteiger partial charge on any atom is 0.256 e. The van der Waals surface area contributed by atoms with E-state index in [4.69, 9.17) is 5.14 Å². The molecule has 0 atom stereocenters. The van der Waals surface area contributed by atoms with Gasteiger partial charge in [-0.1, -0.05) is 0 Å². The Labute approximate surface area is 120 Å². The van der Waals surface area contributed by atoms with Crippen LogP contribution < -0.4 is 5.14 Å².